The molecule has 0 radical (unpaired) electrons. The van der Waals surface area contributed by atoms with Crippen LogP contribution in [0.2, 0.25) is 0 Å². The van der Waals surface area contributed by atoms with Crippen molar-refractivity contribution in [1.29, 1.82) is 0 Å². The molecule has 0 aliphatic carbocycles. The van der Waals surface area contributed by atoms with Crippen molar-refractivity contribution in [3.63, 3.8) is 0 Å². The molecular weight excluding hydrogens is 214 g/mol. The predicted molar refractivity (Wildman–Crippen MR) is 67.2 cm³/mol. The first-order valence-electron chi connectivity index (χ1n) is 6.12. The van der Waals surface area contributed by atoms with E-state index in [4.69, 9.17) is 4.74 Å². The Morgan fingerprint density at radius 1 is 1.47 bits per heavy atom. The Morgan fingerprint density at radius 2 is 2.41 bits per heavy atom. The van der Waals surface area contributed by atoms with Crippen LogP contribution >= 0.6 is 0 Å². The average molecular weight is 231 g/mol. The number of aryl methyl sites for hydroxylation is 1. The van der Waals surface area contributed by atoms with Crippen LogP contribution in [0.15, 0.2) is 24.4 Å². The number of fused-ring (bicyclic) bond motifs is 1. The fourth-order valence-electron chi connectivity index (χ4n) is 2.33. The third kappa shape index (κ3) is 2.13. The van der Waals surface area contributed by atoms with Gasteiger partial charge in [-0.1, -0.05) is 0 Å². The maximum absolute atomic E-state index is 5.97. The lowest BCUT2D eigenvalue weighted by molar-refractivity contribution is 0.167. The monoisotopic (exact) mass is 231 g/mol. The lowest BCUT2D eigenvalue weighted by Gasteiger charge is -2.23. The van der Waals surface area contributed by atoms with Crippen molar-refractivity contribution < 1.29 is 4.74 Å². The third-order valence-corrected chi connectivity index (χ3v) is 3.27. The van der Waals surface area contributed by atoms with Crippen molar-refractivity contribution >= 4 is 10.9 Å². The van der Waals surface area contributed by atoms with Crippen LogP contribution in [0.1, 0.15) is 12.8 Å². The van der Waals surface area contributed by atoms with Crippen LogP contribution < -0.4 is 10.1 Å². The Bertz CT molecular complexity index is 514. The second kappa shape index (κ2) is 4.37. The van der Waals surface area contributed by atoms with E-state index in [0.29, 0.717) is 6.10 Å². The molecule has 0 spiro atoms. The van der Waals surface area contributed by atoms with Crippen molar-refractivity contribution in [3.8, 4) is 5.75 Å². The summed E-state index contributed by atoms with van der Waals surface area (Å²) in [7, 11) is 1.95. The van der Waals surface area contributed by atoms with Crippen LogP contribution in [-0.4, -0.2) is 29.0 Å². The van der Waals surface area contributed by atoms with Crippen molar-refractivity contribution in [2.75, 3.05) is 13.1 Å². The summed E-state index contributed by atoms with van der Waals surface area (Å²) in [5.74, 6) is 0.944. The van der Waals surface area contributed by atoms with E-state index in [1.165, 1.54) is 6.42 Å². The maximum Gasteiger partial charge on any atom is 0.120 e. The number of aromatic nitrogens is 2. The molecule has 1 fully saturated rings. The van der Waals surface area contributed by atoms with Crippen LogP contribution in [-0.2, 0) is 7.05 Å². The number of hydrogen-bond acceptors (Lipinski definition) is 3. The standard InChI is InChI=1S/C13H17N3O/c1-16-13-5-4-11(7-10(13)8-15-16)17-12-3-2-6-14-9-12/h4-5,7-8,12,14H,2-3,6,9H2,1H3. The molecule has 2 aromatic rings. The average Bonchev–Trinajstić information content (AvgIpc) is 2.72. The summed E-state index contributed by atoms with van der Waals surface area (Å²) in [5, 5.41) is 8.72. The Labute approximate surface area is 101 Å². The summed E-state index contributed by atoms with van der Waals surface area (Å²) >= 11 is 0. The van der Waals surface area contributed by atoms with Gasteiger partial charge in [0, 0.05) is 19.0 Å². The number of ether oxygens (including phenoxy) is 1. The van der Waals surface area contributed by atoms with Gasteiger partial charge >= 0.3 is 0 Å². The molecule has 4 heteroatoms. The highest BCUT2D eigenvalue weighted by atomic mass is 16.5. The molecule has 1 N–H and O–H groups in total. The topological polar surface area (TPSA) is 39.1 Å². The van der Waals surface area contributed by atoms with Crippen LogP contribution in [0.3, 0.4) is 0 Å². The first kappa shape index (κ1) is 10.6. The van der Waals surface area contributed by atoms with E-state index in [0.717, 1.165) is 36.2 Å². The number of nitrogens with zero attached hydrogens (tertiary/aromatic N) is 2. The van der Waals surface area contributed by atoms with Crippen molar-refractivity contribution in [1.82, 2.24) is 15.1 Å². The molecule has 0 amide bonds. The van der Waals surface area contributed by atoms with E-state index < -0.39 is 0 Å². The van der Waals surface area contributed by atoms with Gasteiger partial charge in [0.05, 0.1) is 11.7 Å². The zero-order chi connectivity index (χ0) is 11.7. The number of piperidine rings is 1. The number of hydrogen-bond donors (Lipinski definition) is 1. The highest BCUT2D eigenvalue weighted by Gasteiger charge is 2.14. The number of rotatable bonds is 2. The Balaban J connectivity index is 1.80. The molecule has 4 nitrogen and oxygen atoms in total. The van der Waals surface area contributed by atoms with E-state index in [1.54, 1.807) is 0 Å². The van der Waals surface area contributed by atoms with E-state index in [2.05, 4.69) is 22.5 Å². The molecule has 1 aliphatic rings. The van der Waals surface area contributed by atoms with Gasteiger partial charge in [0.1, 0.15) is 11.9 Å². The number of nitrogens with one attached hydrogen (secondary N) is 1. The highest BCUT2D eigenvalue weighted by molar-refractivity contribution is 5.80. The maximum atomic E-state index is 5.97. The smallest absolute Gasteiger partial charge is 0.120 e. The molecule has 17 heavy (non-hydrogen) atoms. The van der Waals surface area contributed by atoms with Gasteiger partial charge in [-0.3, -0.25) is 4.68 Å². The van der Waals surface area contributed by atoms with E-state index >= 15 is 0 Å². The van der Waals surface area contributed by atoms with Crippen LogP contribution in [0.25, 0.3) is 10.9 Å². The van der Waals surface area contributed by atoms with Crippen LogP contribution in [0, 0.1) is 0 Å². The Morgan fingerprint density at radius 3 is 3.24 bits per heavy atom. The predicted octanol–water partition coefficient (Wildman–Crippen LogP) is 1.70. The second-order valence-corrected chi connectivity index (χ2v) is 4.58. The zero-order valence-corrected chi connectivity index (χ0v) is 10.0. The van der Waals surface area contributed by atoms with Crippen molar-refractivity contribution in [2.45, 2.75) is 18.9 Å². The van der Waals surface area contributed by atoms with E-state index in [-0.39, 0.29) is 0 Å². The fourth-order valence-corrected chi connectivity index (χ4v) is 2.33. The second-order valence-electron chi connectivity index (χ2n) is 4.58. The Hall–Kier alpha value is -1.55. The SMILES string of the molecule is Cn1ncc2cc(OC3CCCNC3)ccc21. The molecule has 1 unspecified atom stereocenters. The highest BCUT2D eigenvalue weighted by Crippen LogP contribution is 2.22. The normalized spacial score (nSPS) is 20.6. The molecule has 1 aliphatic heterocycles. The summed E-state index contributed by atoms with van der Waals surface area (Å²) in [6.45, 7) is 2.06. The van der Waals surface area contributed by atoms with Gasteiger partial charge in [0.2, 0.25) is 0 Å². The van der Waals surface area contributed by atoms with Crippen molar-refractivity contribution in [3.05, 3.63) is 24.4 Å². The van der Waals surface area contributed by atoms with E-state index in [1.807, 2.05) is 24.0 Å². The van der Waals surface area contributed by atoms with Gasteiger partial charge in [0.15, 0.2) is 0 Å². The third-order valence-electron chi connectivity index (χ3n) is 3.27. The minimum Gasteiger partial charge on any atom is -0.489 e. The van der Waals surface area contributed by atoms with Gasteiger partial charge in [-0.05, 0) is 37.6 Å². The molecule has 0 saturated carbocycles. The van der Waals surface area contributed by atoms with Gasteiger partial charge in [-0.15, -0.1) is 0 Å². The molecule has 1 aromatic heterocycles. The first-order valence-corrected chi connectivity index (χ1v) is 6.12. The van der Waals surface area contributed by atoms with Gasteiger partial charge in [-0.25, -0.2) is 0 Å². The molecule has 1 saturated heterocycles. The van der Waals surface area contributed by atoms with E-state index in [9.17, 15) is 0 Å². The summed E-state index contributed by atoms with van der Waals surface area (Å²) in [5.41, 5.74) is 1.14. The molecular formula is C13H17N3O. The quantitative estimate of drug-likeness (QED) is 0.855. The fraction of sp³-hybridized carbons (Fsp3) is 0.462. The minimum atomic E-state index is 0.304. The molecule has 1 aromatic carbocycles. The van der Waals surface area contributed by atoms with Gasteiger partial charge in [-0.2, -0.15) is 5.10 Å². The zero-order valence-electron chi connectivity index (χ0n) is 10.0. The van der Waals surface area contributed by atoms with Crippen LogP contribution in [0.5, 0.6) is 5.75 Å². The molecule has 0 bridgehead atoms. The summed E-state index contributed by atoms with van der Waals surface area (Å²) in [6, 6.07) is 6.16. The molecule has 90 valence electrons. The largest absolute Gasteiger partial charge is 0.489 e. The number of benzene rings is 1. The minimum absolute atomic E-state index is 0.304. The first-order chi connectivity index (χ1) is 8.33. The lowest BCUT2D eigenvalue weighted by Crippen LogP contribution is -2.37. The summed E-state index contributed by atoms with van der Waals surface area (Å²) in [4.78, 5) is 0. The summed E-state index contributed by atoms with van der Waals surface area (Å²) in [6.07, 6.45) is 4.51. The lowest BCUT2D eigenvalue weighted by atomic mass is 10.1. The molecule has 3 rings (SSSR count). The molecule has 1 atom stereocenters. The van der Waals surface area contributed by atoms with Gasteiger partial charge < -0.3 is 10.1 Å². The van der Waals surface area contributed by atoms with Crippen molar-refractivity contribution in [2.24, 2.45) is 7.05 Å². The Kier molecular flexibility index (Phi) is 2.73. The molecule has 2 heterocycles. The van der Waals surface area contributed by atoms with Crippen LogP contribution in [0.4, 0.5) is 0 Å². The summed E-state index contributed by atoms with van der Waals surface area (Å²) < 4.78 is 7.85. The van der Waals surface area contributed by atoms with Gasteiger partial charge in [0.25, 0.3) is 0 Å².